The molecule has 1 atom stereocenters. The zero-order valence-electron chi connectivity index (χ0n) is 6.74. The molecule has 0 spiro atoms. The van der Waals surface area contributed by atoms with E-state index in [1.807, 2.05) is 0 Å². The van der Waals surface area contributed by atoms with Crippen LogP contribution in [0.4, 0.5) is 0 Å². The minimum absolute atomic E-state index is 0.171. The Kier molecular flexibility index (Phi) is 2.26. The van der Waals surface area contributed by atoms with Gasteiger partial charge in [-0.2, -0.15) is 0 Å². The maximum atomic E-state index is 11.2. The number of carbonyl (C=O) groups excluding carboxylic acids is 2. The number of carboxylic acid groups (broad SMARTS) is 1. The second kappa shape index (κ2) is 3.05. The Morgan fingerprint density at radius 1 is 1.33 bits per heavy atom. The van der Waals surface area contributed by atoms with Crippen molar-refractivity contribution in [1.82, 2.24) is 0 Å². The highest BCUT2D eigenvalue weighted by atomic mass is 16.4. The summed E-state index contributed by atoms with van der Waals surface area (Å²) in [6.07, 6.45) is 1.46. The van der Waals surface area contributed by atoms with Gasteiger partial charge in [-0.3, -0.25) is 14.4 Å². The van der Waals surface area contributed by atoms with E-state index in [0.29, 0.717) is 0 Å². The lowest BCUT2D eigenvalue weighted by Crippen LogP contribution is -2.31. The summed E-state index contributed by atoms with van der Waals surface area (Å²) in [5, 5.41) is 8.55. The number of carbonyl (C=O) groups is 3. The van der Waals surface area contributed by atoms with Crippen LogP contribution in [0.3, 0.4) is 0 Å². The molecule has 12 heavy (non-hydrogen) atoms. The Balaban J connectivity index is 2.70. The normalized spacial score (nSPS) is 18.4. The molecule has 1 rings (SSSR count). The summed E-state index contributed by atoms with van der Waals surface area (Å²) in [4.78, 5) is 32.4. The molecule has 0 saturated heterocycles. The van der Waals surface area contributed by atoms with Crippen molar-refractivity contribution in [3.05, 3.63) is 0 Å². The third kappa shape index (κ3) is 1.69. The number of ketones is 2. The summed E-state index contributed by atoms with van der Waals surface area (Å²) in [6, 6.07) is 0. The van der Waals surface area contributed by atoms with Crippen LogP contribution in [0, 0.1) is 11.8 Å². The van der Waals surface area contributed by atoms with E-state index in [4.69, 9.17) is 5.11 Å². The Morgan fingerprint density at radius 3 is 2.08 bits per heavy atom. The highest BCUT2D eigenvalue weighted by molar-refractivity contribution is 6.17. The molecular formula is C8H10O4. The molecule has 1 aliphatic carbocycles. The van der Waals surface area contributed by atoms with Gasteiger partial charge in [0.25, 0.3) is 0 Å². The van der Waals surface area contributed by atoms with Gasteiger partial charge in [-0.1, -0.05) is 0 Å². The van der Waals surface area contributed by atoms with Crippen LogP contribution in [0.5, 0.6) is 0 Å². The summed E-state index contributed by atoms with van der Waals surface area (Å²) in [5.41, 5.74) is 0. The summed E-state index contributed by atoms with van der Waals surface area (Å²) < 4.78 is 0. The fourth-order valence-electron chi connectivity index (χ4n) is 1.10. The zero-order valence-corrected chi connectivity index (χ0v) is 6.74. The first-order valence-corrected chi connectivity index (χ1v) is 3.81. The molecule has 0 bridgehead atoms. The molecule has 1 N–H and O–H groups in total. The minimum Gasteiger partial charge on any atom is -0.480 e. The van der Waals surface area contributed by atoms with Gasteiger partial charge in [0.2, 0.25) is 0 Å². The van der Waals surface area contributed by atoms with Crippen LogP contribution in [-0.4, -0.2) is 22.6 Å². The van der Waals surface area contributed by atoms with E-state index >= 15 is 0 Å². The maximum Gasteiger partial charge on any atom is 0.321 e. The summed E-state index contributed by atoms with van der Waals surface area (Å²) in [7, 11) is 0. The van der Waals surface area contributed by atoms with Gasteiger partial charge in [-0.25, -0.2) is 0 Å². The number of hydrogen-bond donors (Lipinski definition) is 1. The average molecular weight is 170 g/mol. The molecule has 1 unspecified atom stereocenters. The van der Waals surface area contributed by atoms with Gasteiger partial charge >= 0.3 is 5.97 Å². The molecule has 0 amide bonds. The van der Waals surface area contributed by atoms with Crippen molar-refractivity contribution in [2.24, 2.45) is 11.8 Å². The van der Waals surface area contributed by atoms with Crippen LogP contribution in [0.2, 0.25) is 0 Å². The van der Waals surface area contributed by atoms with Crippen molar-refractivity contribution in [1.29, 1.82) is 0 Å². The van der Waals surface area contributed by atoms with E-state index in [1.54, 1.807) is 0 Å². The van der Waals surface area contributed by atoms with Gasteiger partial charge in [-0.15, -0.1) is 0 Å². The van der Waals surface area contributed by atoms with Gasteiger partial charge in [0, 0.05) is 5.92 Å². The van der Waals surface area contributed by atoms with E-state index < -0.39 is 23.5 Å². The van der Waals surface area contributed by atoms with Crippen molar-refractivity contribution in [2.45, 2.75) is 19.8 Å². The highest BCUT2D eigenvalue weighted by Crippen LogP contribution is 2.32. The van der Waals surface area contributed by atoms with Crippen molar-refractivity contribution in [2.75, 3.05) is 0 Å². The molecular weight excluding hydrogens is 160 g/mol. The second-order valence-corrected chi connectivity index (χ2v) is 3.06. The van der Waals surface area contributed by atoms with Gasteiger partial charge in [0.15, 0.2) is 17.5 Å². The van der Waals surface area contributed by atoms with Crippen LogP contribution < -0.4 is 0 Å². The van der Waals surface area contributed by atoms with E-state index in [0.717, 1.165) is 19.8 Å². The number of carboxylic acids is 1. The number of Topliss-reactive ketones (excluding diaryl/α,β-unsaturated/α-hetero) is 2. The predicted octanol–water partition coefficient (Wildman–Crippen LogP) is 0.255. The molecule has 0 aromatic carbocycles. The third-order valence-electron chi connectivity index (χ3n) is 1.92. The average Bonchev–Trinajstić information content (AvgIpc) is 2.64. The molecule has 4 heteroatoms. The molecule has 4 nitrogen and oxygen atoms in total. The second-order valence-electron chi connectivity index (χ2n) is 3.06. The lowest BCUT2D eigenvalue weighted by atomic mass is 9.97. The van der Waals surface area contributed by atoms with E-state index in [9.17, 15) is 14.4 Å². The molecule has 0 aromatic heterocycles. The Bertz CT molecular complexity index is 225. The summed E-state index contributed by atoms with van der Waals surface area (Å²) in [6.45, 7) is 1.14. The Hall–Kier alpha value is -1.19. The minimum atomic E-state index is -1.42. The molecule has 0 heterocycles. The third-order valence-corrected chi connectivity index (χ3v) is 1.92. The smallest absolute Gasteiger partial charge is 0.321 e. The summed E-state index contributed by atoms with van der Waals surface area (Å²) in [5.74, 6) is -3.90. The van der Waals surface area contributed by atoms with Crippen molar-refractivity contribution in [3.63, 3.8) is 0 Å². The fraction of sp³-hybridized carbons (Fsp3) is 0.625. The molecule has 0 aromatic rings. The van der Waals surface area contributed by atoms with Gasteiger partial charge < -0.3 is 5.11 Å². The van der Waals surface area contributed by atoms with Crippen LogP contribution in [0.25, 0.3) is 0 Å². The van der Waals surface area contributed by atoms with E-state index in [2.05, 4.69) is 0 Å². The van der Waals surface area contributed by atoms with Crippen LogP contribution >= 0.6 is 0 Å². The monoisotopic (exact) mass is 170 g/mol. The first kappa shape index (κ1) is 8.90. The van der Waals surface area contributed by atoms with Crippen molar-refractivity contribution >= 4 is 17.5 Å². The van der Waals surface area contributed by atoms with E-state index in [1.165, 1.54) is 0 Å². The molecule has 1 aliphatic rings. The molecule has 1 saturated carbocycles. The lowest BCUT2D eigenvalue weighted by molar-refractivity contribution is -0.150. The van der Waals surface area contributed by atoms with Gasteiger partial charge in [-0.05, 0) is 19.8 Å². The van der Waals surface area contributed by atoms with Crippen LogP contribution in [0.1, 0.15) is 19.8 Å². The predicted molar refractivity (Wildman–Crippen MR) is 39.5 cm³/mol. The van der Waals surface area contributed by atoms with Gasteiger partial charge in [0.05, 0.1) is 0 Å². The van der Waals surface area contributed by atoms with Crippen molar-refractivity contribution < 1.29 is 19.5 Å². The molecule has 0 radical (unpaired) electrons. The molecule has 1 fully saturated rings. The first-order valence-electron chi connectivity index (χ1n) is 3.81. The lowest BCUT2D eigenvalue weighted by Gasteiger charge is -2.05. The first-order chi connectivity index (χ1) is 5.54. The highest BCUT2D eigenvalue weighted by Gasteiger charge is 2.40. The summed E-state index contributed by atoms with van der Waals surface area (Å²) >= 11 is 0. The number of rotatable bonds is 4. The van der Waals surface area contributed by atoms with E-state index in [-0.39, 0.29) is 5.92 Å². The van der Waals surface area contributed by atoms with Crippen molar-refractivity contribution in [3.8, 4) is 0 Å². The van der Waals surface area contributed by atoms with Crippen LogP contribution in [-0.2, 0) is 14.4 Å². The topological polar surface area (TPSA) is 71.4 Å². The Morgan fingerprint density at radius 2 is 1.83 bits per heavy atom. The number of hydrogen-bond acceptors (Lipinski definition) is 3. The standard InChI is InChI=1S/C8H10O4/c1-4(9)6(8(11)12)7(10)5-2-3-5/h5-6H,2-3H2,1H3,(H,11,12). The van der Waals surface area contributed by atoms with Crippen LogP contribution in [0.15, 0.2) is 0 Å². The SMILES string of the molecule is CC(=O)C(C(=O)O)C(=O)C1CC1. The van der Waals surface area contributed by atoms with Gasteiger partial charge in [0.1, 0.15) is 0 Å². The largest absolute Gasteiger partial charge is 0.480 e. The maximum absolute atomic E-state index is 11.2. The fourth-order valence-corrected chi connectivity index (χ4v) is 1.10. The molecule has 0 aliphatic heterocycles. The number of aliphatic carboxylic acids is 1. The Labute approximate surface area is 69.6 Å². The quantitative estimate of drug-likeness (QED) is 0.614. The zero-order chi connectivity index (χ0) is 9.30. The molecule has 66 valence electrons.